The summed E-state index contributed by atoms with van der Waals surface area (Å²) < 4.78 is 14.0. The summed E-state index contributed by atoms with van der Waals surface area (Å²) in [7, 11) is 0. The van der Waals surface area contributed by atoms with Gasteiger partial charge in [-0.15, -0.1) is 0 Å². The number of para-hydroxylation sites is 1. The van der Waals surface area contributed by atoms with E-state index in [0.29, 0.717) is 6.42 Å². The average molecular weight is 279 g/mol. The summed E-state index contributed by atoms with van der Waals surface area (Å²) >= 11 is 0. The molecule has 0 aliphatic carbocycles. The number of hydrogen-bond donors (Lipinski definition) is 2. The molecule has 1 unspecified atom stereocenters. The standard InChI is InChI=1S/C15H22FN3O/c1-2-6-12(17)15(20)18-14-11(16)7-5-8-13(14)19-9-3-4-10-19/h5,7-8,12H,2-4,6,9-10,17H2,1H3,(H,18,20). The van der Waals surface area contributed by atoms with E-state index in [1.165, 1.54) is 6.07 Å². The Kier molecular flexibility index (Phi) is 4.95. The second-order valence-electron chi connectivity index (χ2n) is 5.21. The smallest absolute Gasteiger partial charge is 0.241 e. The number of carbonyl (C=O) groups excluding carboxylic acids is 1. The molecule has 5 heteroatoms. The van der Waals surface area contributed by atoms with Gasteiger partial charge in [-0.3, -0.25) is 4.79 Å². The highest BCUT2D eigenvalue weighted by Gasteiger charge is 2.21. The molecule has 1 aromatic rings. The van der Waals surface area contributed by atoms with Crippen molar-refractivity contribution < 1.29 is 9.18 Å². The van der Waals surface area contributed by atoms with Crippen LogP contribution < -0.4 is 16.0 Å². The first-order chi connectivity index (χ1) is 9.63. The van der Waals surface area contributed by atoms with Crippen LogP contribution in [0.3, 0.4) is 0 Å². The van der Waals surface area contributed by atoms with E-state index in [-0.39, 0.29) is 11.6 Å². The quantitative estimate of drug-likeness (QED) is 0.870. The van der Waals surface area contributed by atoms with Gasteiger partial charge in [0.1, 0.15) is 11.5 Å². The van der Waals surface area contributed by atoms with Crippen LogP contribution in [0.15, 0.2) is 18.2 Å². The number of anilines is 2. The molecule has 0 aromatic heterocycles. The predicted octanol–water partition coefficient (Wildman–Crippen LogP) is 2.49. The van der Waals surface area contributed by atoms with Crippen molar-refractivity contribution in [2.45, 2.75) is 38.6 Å². The Morgan fingerprint density at radius 1 is 1.45 bits per heavy atom. The monoisotopic (exact) mass is 279 g/mol. The number of halogens is 1. The van der Waals surface area contributed by atoms with Gasteiger partial charge in [0.05, 0.1) is 11.7 Å². The Morgan fingerprint density at radius 2 is 2.15 bits per heavy atom. The van der Waals surface area contributed by atoms with Gasteiger partial charge in [-0.2, -0.15) is 0 Å². The normalized spacial score (nSPS) is 16.2. The van der Waals surface area contributed by atoms with E-state index in [2.05, 4.69) is 10.2 Å². The lowest BCUT2D eigenvalue weighted by Gasteiger charge is -2.22. The predicted molar refractivity (Wildman–Crippen MR) is 79.4 cm³/mol. The number of hydrogen-bond acceptors (Lipinski definition) is 3. The lowest BCUT2D eigenvalue weighted by molar-refractivity contribution is -0.117. The number of amides is 1. The summed E-state index contributed by atoms with van der Waals surface area (Å²) in [6.45, 7) is 3.76. The third-order valence-electron chi connectivity index (χ3n) is 3.62. The number of benzene rings is 1. The molecule has 0 radical (unpaired) electrons. The van der Waals surface area contributed by atoms with Crippen LogP contribution in [0.5, 0.6) is 0 Å². The zero-order chi connectivity index (χ0) is 14.5. The number of carbonyl (C=O) groups is 1. The molecule has 1 amide bonds. The summed E-state index contributed by atoms with van der Waals surface area (Å²) in [5, 5.41) is 2.66. The first-order valence-corrected chi connectivity index (χ1v) is 7.23. The van der Waals surface area contributed by atoms with Gasteiger partial charge >= 0.3 is 0 Å². The summed E-state index contributed by atoms with van der Waals surface area (Å²) in [5.41, 5.74) is 6.79. The number of nitrogens with one attached hydrogen (secondary N) is 1. The van der Waals surface area contributed by atoms with Crippen molar-refractivity contribution in [3.8, 4) is 0 Å². The second-order valence-corrected chi connectivity index (χ2v) is 5.21. The summed E-state index contributed by atoms with van der Waals surface area (Å²) in [5.74, 6) is -0.733. The molecular formula is C15H22FN3O. The molecule has 0 bridgehead atoms. The first kappa shape index (κ1) is 14.8. The fraction of sp³-hybridized carbons (Fsp3) is 0.533. The molecule has 4 nitrogen and oxygen atoms in total. The molecule has 110 valence electrons. The Morgan fingerprint density at radius 3 is 2.80 bits per heavy atom. The SMILES string of the molecule is CCCC(N)C(=O)Nc1c(F)cccc1N1CCCC1. The number of nitrogens with zero attached hydrogens (tertiary/aromatic N) is 1. The van der Waals surface area contributed by atoms with Crippen LogP contribution in [-0.4, -0.2) is 25.0 Å². The molecule has 1 fully saturated rings. The van der Waals surface area contributed by atoms with E-state index in [4.69, 9.17) is 5.73 Å². The topological polar surface area (TPSA) is 58.4 Å². The third kappa shape index (κ3) is 3.28. The molecule has 0 spiro atoms. The molecule has 1 aliphatic rings. The van der Waals surface area contributed by atoms with E-state index in [1.54, 1.807) is 6.07 Å². The molecule has 1 heterocycles. The third-order valence-corrected chi connectivity index (χ3v) is 3.62. The van der Waals surface area contributed by atoms with E-state index >= 15 is 0 Å². The van der Waals surface area contributed by atoms with Crippen molar-refractivity contribution >= 4 is 17.3 Å². The summed E-state index contributed by atoms with van der Waals surface area (Å²) in [6.07, 6.45) is 3.61. The maximum absolute atomic E-state index is 14.0. The van der Waals surface area contributed by atoms with Gasteiger partial charge in [0.15, 0.2) is 0 Å². The van der Waals surface area contributed by atoms with Gasteiger partial charge < -0.3 is 16.0 Å². The van der Waals surface area contributed by atoms with Crippen LogP contribution >= 0.6 is 0 Å². The Balaban J connectivity index is 2.19. The van der Waals surface area contributed by atoms with Gasteiger partial charge in [-0.05, 0) is 31.4 Å². The zero-order valence-corrected chi connectivity index (χ0v) is 11.9. The maximum atomic E-state index is 14.0. The number of nitrogens with two attached hydrogens (primary N) is 1. The first-order valence-electron chi connectivity index (χ1n) is 7.23. The zero-order valence-electron chi connectivity index (χ0n) is 11.9. The Labute approximate surface area is 119 Å². The van der Waals surface area contributed by atoms with Crippen molar-refractivity contribution in [2.24, 2.45) is 5.73 Å². The summed E-state index contributed by atoms with van der Waals surface area (Å²) in [4.78, 5) is 14.1. The van der Waals surface area contributed by atoms with Crippen LogP contribution in [0.1, 0.15) is 32.6 Å². The van der Waals surface area contributed by atoms with Crippen LogP contribution in [0.2, 0.25) is 0 Å². The van der Waals surface area contributed by atoms with Crippen LogP contribution in [-0.2, 0) is 4.79 Å². The Bertz CT molecular complexity index is 472. The van der Waals surface area contributed by atoms with E-state index in [1.807, 2.05) is 13.0 Å². The minimum absolute atomic E-state index is 0.256. The van der Waals surface area contributed by atoms with Crippen LogP contribution in [0.25, 0.3) is 0 Å². The van der Waals surface area contributed by atoms with Gasteiger partial charge in [0, 0.05) is 13.1 Å². The highest BCUT2D eigenvalue weighted by molar-refractivity contribution is 5.97. The molecule has 1 saturated heterocycles. The van der Waals surface area contributed by atoms with Crippen LogP contribution in [0.4, 0.5) is 15.8 Å². The number of rotatable bonds is 5. The van der Waals surface area contributed by atoms with E-state index in [0.717, 1.165) is 38.0 Å². The lowest BCUT2D eigenvalue weighted by atomic mass is 10.1. The van der Waals surface area contributed by atoms with E-state index in [9.17, 15) is 9.18 Å². The van der Waals surface area contributed by atoms with Crippen molar-refractivity contribution in [3.05, 3.63) is 24.0 Å². The molecular weight excluding hydrogens is 257 g/mol. The molecule has 1 aromatic carbocycles. The van der Waals surface area contributed by atoms with Crippen LogP contribution in [0, 0.1) is 5.82 Å². The molecule has 20 heavy (non-hydrogen) atoms. The molecule has 1 atom stereocenters. The largest absolute Gasteiger partial charge is 0.370 e. The van der Waals surface area contributed by atoms with Crippen molar-refractivity contribution in [1.82, 2.24) is 0 Å². The Hall–Kier alpha value is -1.62. The van der Waals surface area contributed by atoms with Crippen molar-refractivity contribution in [2.75, 3.05) is 23.3 Å². The molecule has 3 N–H and O–H groups in total. The van der Waals surface area contributed by atoms with Crippen molar-refractivity contribution in [3.63, 3.8) is 0 Å². The van der Waals surface area contributed by atoms with Crippen molar-refractivity contribution in [1.29, 1.82) is 0 Å². The lowest BCUT2D eigenvalue weighted by Crippen LogP contribution is -2.36. The fourth-order valence-corrected chi connectivity index (χ4v) is 2.52. The van der Waals surface area contributed by atoms with Gasteiger partial charge in [-0.1, -0.05) is 19.4 Å². The minimum Gasteiger partial charge on any atom is -0.370 e. The summed E-state index contributed by atoms with van der Waals surface area (Å²) in [6, 6.07) is 4.28. The molecule has 2 rings (SSSR count). The van der Waals surface area contributed by atoms with Gasteiger partial charge in [0.25, 0.3) is 0 Å². The molecule has 1 aliphatic heterocycles. The maximum Gasteiger partial charge on any atom is 0.241 e. The van der Waals surface area contributed by atoms with Gasteiger partial charge in [-0.25, -0.2) is 4.39 Å². The fourth-order valence-electron chi connectivity index (χ4n) is 2.52. The van der Waals surface area contributed by atoms with E-state index < -0.39 is 11.9 Å². The van der Waals surface area contributed by atoms with Gasteiger partial charge in [0.2, 0.25) is 5.91 Å². The highest BCUT2D eigenvalue weighted by atomic mass is 19.1. The molecule has 0 saturated carbocycles. The second kappa shape index (κ2) is 6.70. The average Bonchev–Trinajstić information content (AvgIpc) is 2.95. The minimum atomic E-state index is -0.592. The highest BCUT2D eigenvalue weighted by Crippen LogP contribution is 2.31.